The van der Waals surface area contributed by atoms with Gasteiger partial charge in [0, 0.05) is 12.8 Å². The molecule has 1 aliphatic heterocycles. The van der Waals surface area contributed by atoms with Gasteiger partial charge in [-0.25, -0.2) is 0 Å². The Morgan fingerprint density at radius 1 is 0.547 bits per heavy atom. The third kappa shape index (κ3) is 34.2. The number of hydrogen-bond donors (Lipinski definition) is 4. The maximum Gasteiger partial charge on any atom is 0.306 e. The quantitative estimate of drug-likeness (QED) is 0.0198. The van der Waals surface area contributed by atoms with Gasteiger partial charge in [-0.2, -0.15) is 8.42 Å². The second kappa shape index (κ2) is 40.1. The summed E-state index contributed by atoms with van der Waals surface area (Å²) in [5.74, 6) is -2.05. The van der Waals surface area contributed by atoms with Gasteiger partial charge in [-0.15, -0.1) is 0 Å². The van der Waals surface area contributed by atoms with Crippen LogP contribution < -0.4 is 0 Å². The fraction of sp³-hybridized carbons (Fsp3) is 0.686. The molecule has 64 heavy (non-hydrogen) atoms. The van der Waals surface area contributed by atoms with Gasteiger partial charge in [0.2, 0.25) is 0 Å². The van der Waals surface area contributed by atoms with E-state index in [-0.39, 0.29) is 19.4 Å². The summed E-state index contributed by atoms with van der Waals surface area (Å²) in [5.41, 5.74) is 0. The van der Waals surface area contributed by atoms with E-state index in [1.54, 1.807) is 0 Å². The Kier molecular flexibility index (Phi) is 36.9. The molecule has 0 aromatic rings. The van der Waals surface area contributed by atoms with Crippen molar-refractivity contribution in [2.45, 2.75) is 205 Å². The molecule has 1 aliphatic rings. The van der Waals surface area contributed by atoms with Crippen LogP contribution in [0.1, 0.15) is 168 Å². The first-order valence-electron chi connectivity index (χ1n) is 24.1. The van der Waals surface area contributed by atoms with Crippen molar-refractivity contribution in [1.29, 1.82) is 0 Å². The van der Waals surface area contributed by atoms with Gasteiger partial charge in [0.1, 0.15) is 36.8 Å². The van der Waals surface area contributed by atoms with Crippen LogP contribution in [-0.4, -0.2) is 96.0 Å². The van der Waals surface area contributed by atoms with Gasteiger partial charge in [-0.1, -0.05) is 150 Å². The Labute approximate surface area is 386 Å². The molecule has 2 unspecified atom stereocenters. The fourth-order valence-electron chi connectivity index (χ4n) is 6.73. The van der Waals surface area contributed by atoms with E-state index in [0.29, 0.717) is 12.8 Å². The van der Waals surface area contributed by atoms with Crippen molar-refractivity contribution in [3.05, 3.63) is 85.1 Å². The number of hydrogen-bond acceptors (Lipinski definition) is 11. The van der Waals surface area contributed by atoms with Crippen molar-refractivity contribution in [2.75, 3.05) is 19.0 Å². The predicted octanol–water partition coefficient (Wildman–Crippen LogP) is 10.4. The molecule has 1 fully saturated rings. The van der Waals surface area contributed by atoms with Gasteiger partial charge >= 0.3 is 11.9 Å². The highest BCUT2D eigenvalue weighted by atomic mass is 32.2. The van der Waals surface area contributed by atoms with Crippen molar-refractivity contribution in [3.8, 4) is 0 Å². The molecule has 6 atom stereocenters. The summed E-state index contributed by atoms with van der Waals surface area (Å²) in [6, 6.07) is 0. The van der Waals surface area contributed by atoms with Crippen molar-refractivity contribution < 1.29 is 56.8 Å². The molecule has 0 amide bonds. The van der Waals surface area contributed by atoms with Gasteiger partial charge in [-0.3, -0.25) is 14.1 Å². The zero-order valence-electron chi connectivity index (χ0n) is 39.1. The number of carbonyl (C=O) groups excluding carboxylic acids is 2. The fourth-order valence-corrected chi connectivity index (χ4v) is 7.42. The van der Waals surface area contributed by atoms with Gasteiger partial charge in [0.25, 0.3) is 10.1 Å². The molecule has 4 N–H and O–H groups in total. The standard InChI is InChI=1S/C51H84O12S/c1-3-5-7-9-11-13-15-17-19-21-22-24-25-27-29-31-33-35-37-39-46(52)60-41-44(42-61-51-50(56)49(55)48(54)45(63-51)43-64(57,58)59)62-47(53)40-38-36-34-32-30-28-26-23-20-18-16-14-12-10-8-6-4-2/h5,7,11-14,17-20,22,24,27,29,44-45,48-51,54-56H,3-4,6,8-10,15-16,21,23,25-26,28,30-43H2,1-2H3,(H,57,58,59)/b7-5+,13-11+,14-12+,19-17+,20-18+,24-22+,29-27+/t44-,45-,48-,49?,50?,51+/m1/s1. The first kappa shape index (κ1) is 58.8. The number of ether oxygens (including phenoxy) is 4. The number of aliphatic hydroxyl groups excluding tert-OH is 3. The lowest BCUT2D eigenvalue weighted by Gasteiger charge is -2.40. The topological polar surface area (TPSA) is 186 Å². The van der Waals surface area contributed by atoms with E-state index in [1.807, 2.05) is 0 Å². The van der Waals surface area contributed by atoms with E-state index < -0.39 is 71.2 Å². The third-order valence-corrected chi connectivity index (χ3v) is 11.2. The van der Waals surface area contributed by atoms with Crippen LogP contribution in [0.5, 0.6) is 0 Å². The molecule has 0 saturated carbocycles. The van der Waals surface area contributed by atoms with Gasteiger partial charge in [0.05, 0.1) is 6.61 Å². The first-order valence-corrected chi connectivity index (χ1v) is 25.8. The van der Waals surface area contributed by atoms with E-state index in [0.717, 1.165) is 109 Å². The molecule has 0 bridgehead atoms. The average Bonchev–Trinajstić information content (AvgIpc) is 3.26. The Bertz CT molecular complexity index is 1500. The van der Waals surface area contributed by atoms with Crippen LogP contribution in [0.15, 0.2) is 85.1 Å². The van der Waals surface area contributed by atoms with Crippen LogP contribution in [0, 0.1) is 0 Å². The summed E-state index contributed by atoms with van der Waals surface area (Å²) in [5, 5.41) is 30.9. The Balaban J connectivity index is 2.45. The first-order chi connectivity index (χ1) is 31.0. The van der Waals surface area contributed by atoms with Crippen LogP contribution >= 0.6 is 0 Å². The van der Waals surface area contributed by atoms with E-state index in [9.17, 15) is 37.9 Å². The lowest BCUT2D eigenvalue weighted by Crippen LogP contribution is -2.60. The molecule has 13 heteroatoms. The van der Waals surface area contributed by atoms with Crippen molar-refractivity contribution >= 4 is 22.1 Å². The van der Waals surface area contributed by atoms with Crippen LogP contribution in [0.4, 0.5) is 0 Å². The number of carbonyl (C=O) groups is 2. The smallest absolute Gasteiger partial charge is 0.306 e. The third-order valence-electron chi connectivity index (χ3n) is 10.5. The molecule has 1 rings (SSSR count). The summed E-state index contributed by atoms with van der Waals surface area (Å²) < 4.78 is 54.1. The Morgan fingerprint density at radius 3 is 1.48 bits per heavy atom. The van der Waals surface area contributed by atoms with Crippen LogP contribution in [0.25, 0.3) is 0 Å². The SMILES string of the molecule is CC/C=C/C/C=C/C/C=C/C/C=C/C/C=C/CCCCCC(=O)OC[C@H](CO[C@H]1O[C@H](CS(=O)(=O)O)[C@@H](O)C(O)C1O)OC(=O)CCCCCCCCC/C=C/C/C=C/CCCCC. The van der Waals surface area contributed by atoms with Crippen molar-refractivity contribution in [2.24, 2.45) is 0 Å². The van der Waals surface area contributed by atoms with Crippen LogP contribution in [0.2, 0.25) is 0 Å². The van der Waals surface area contributed by atoms with Gasteiger partial charge in [0.15, 0.2) is 12.4 Å². The molecular weight excluding hydrogens is 837 g/mol. The van der Waals surface area contributed by atoms with Crippen molar-refractivity contribution in [1.82, 2.24) is 0 Å². The second-order valence-electron chi connectivity index (χ2n) is 16.4. The van der Waals surface area contributed by atoms with E-state index in [4.69, 9.17) is 18.9 Å². The van der Waals surface area contributed by atoms with Crippen LogP contribution in [0.3, 0.4) is 0 Å². The molecule has 12 nitrogen and oxygen atoms in total. The summed E-state index contributed by atoms with van der Waals surface area (Å²) in [6.07, 6.45) is 43.3. The molecule has 0 aliphatic carbocycles. The summed E-state index contributed by atoms with van der Waals surface area (Å²) in [4.78, 5) is 25.5. The highest BCUT2D eigenvalue weighted by Crippen LogP contribution is 2.24. The Morgan fingerprint density at radius 2 is 0.984 bits per heavy atom. The van der Waals surface area contributed by atoms with E-state index in [2.05, 4.69) is 98.9 Å². The molecule has 0 spiro atoms. The minimum Gasteiger partial charge on any atom is -0.462 e. The van der Waals surface area contributed by atoms with Crippen LogP contribution in [-0.2, 0) is 38.7 Å². The van der Waals surface area contributed by atoms with E-state index in [1.165, 1.54) is 19.3 Å². The number of esters is 2. The summed E-state index contributed by atoms with van der Waals surface area (Å²) >= 11 is 0. The molecule has 0 aromatic heterocycles. The molecule has 1 heterocycles. The van der Waals surface area contributed by atoms with Gasteiger partial charge in [-0.05, 0) is 89.9 Å². The highest BCUT2D eigenvalue weighted by Gasteiger charge is 2.46. The molecular formula is C51H84O12S. The lowest BCUT2D eigenvalue weighted by atomic mass is 10.00. The summed E-state index contributed by atoms with van der Waals surface area (Å²) in [7, 11) is -4.61. The number of allylic oxidation sites excluding steroid dienone is 14. The average molecular weight is 921 g/mol. The van der Waals surface area contributed by atoms with Gasteiger partial charge < -0.3 is 34.3 Å². The zero-order chi connectivity index (χ0) is 46.9. The monoisotopic (exact) mass is 921 g/mol. The molecule has 0 radical (unpaired) electrons. The number of unbranched alkanes of at least 4 members (excludes halogenated alkanes) is 13. The number of rotatable bonds is 39. The maximum absolute atomic E-state index is 12.8. The Hall–Kier alpha value is -3.17. The summed E-state index contributed by atoms with van der Waals surface area (Å²) in [6.45, 7) is 3.58. The number of aliphatic hydroxyl groups is 3. The maximum atomic E-state index is 12.8. The minimum absolute atomic E-state index is 0.143. The highest BCUT2D eigenvalue weighted by molar-refractivity contribution is 7.85. The van der Waals surface area contributed by atoms with Crippen molar-refractivity contribution in [3.63, 3.8) is 0 Å². The zero-order valence-corrected chi connectivity index (χ0v) is 39.9. The minimum atomic E-state index is -4.61. The molecule has 0 aromatic carbocycles. The normalized spacial score (nSPS) is 20.4. The second-order valence-corrected chi connectivity index (χ2v) is 17.9. The lowest BCUT2D eigenvalue weighted by molar-refractivity contribution is -0.297. The molecule has 366 valence electrons. The largest absolute Gasteiger partial charge is 0.462 e. The molecule has 1 saturated heterocycles. The van der Waals surface area contributed by atoms with E-state index >= 15 is 0 Å². The predicted molar refractivity (Wildman–Crippen MR) is 256 cm³/mol.